The minimum absolute atomic E-state index is 0.653. The summed E-state index contributed by atoms with van der Waals surface area (Å²) in [7, 11) is 0. The van der Waals surface area contributed by atoms with Crippen molar-refractivity contribution in [3.8, 4) is 0 Å². The first-order chi connectivity index (χ1) is 8.24. The summed E-state index contributed by atoms with van der Waals surface area (Å²) in [4.78, 5) is 0. The summed E-state index contributed by atoms with van der Waals surface area (Å²) in [5.74, 6) is 0.824. The Bertz CT molecular complexity index is 218. The van der Waals surface area contributed by atoms with Crippen molar-refractivity contribution in [2.75, 3.05) is 6.54 Å². The molecule has 0 fully saturated rings. The molecule has 0 aromatic carbocycles. The lowest BCUT2D eigenvalue weighted by Gasteiger charge is -2.24. The molecule has 0 spiro atoms. The van der Waals surface area contributed by atoms with Crippen LogP contribution in [0, 0.1) is 5.92 Å². The van der Waals surface area contributed by atoms with E-state index in [1.165, 1.54) is 51.4 Å². The Morgan fingerprint density at radius 2 is 1.88 bits per heavy atom. The zero-order chi connectivity index (χ0) is 12.5. The van der Waals surface area contributed by atoms with Gasteiger partial charge in [-0.3, -0.25) is 0 Å². The van der Waals surface area contributed by atoms with Crippen molar-refractivity contribution in [1.29, 1.82) is 0 Å². The van der Waals surface area contributed by atoms with Gasteiger partial charge in [-0.15, -0.1) is 0 Å². The molecule has 17 heavy (non-hydrogen) atoms. The Morgan fingerprint density at radius 3 is 2.59 bits per heavy atom. The molecule has 1 atom stereocenters. The molecular formula is C16H31N. The van der Waals surface area contributed by atoms with Gasteiger partial charge in [0.25, 0.3) is 0 Å². The van der Waals surface area contributed by atoms with Crippen LogP contribution in [0.2, 0.25) is 0 Å². The monoisotopic (exact) mass is 237 g/mol. The summed E-state index contributed by atoms with van der Waals surface area (Å²) >= 11 is 0. The highest BCUT2D eigenvalue weighted by atomic mass is 14.9. The summed E-state index contributed by atoms with van der Waals surface area (Å²) in [6, 6.07) is 0.653. The Balaban J connectivity index is 2.52. The maximum absolute atomic E-state index is 3.69. The SMILES string of the molecule is CCNC(CCC(C)C)C1=CCCCCCC1. The Hall–Kier alpha value is -0.300. The molecule has 100 valence electrons. The third kappa shape index (κ3) is 6.26. The van der Waals surface area contributed by atoms with E-state index in [-0.39, 0.29) is 0 Å². The van der Waals surface area contributed by atoms with E-state index in [0.717, 1.165) is 12.5 Å². The lowest BCUT2D eigenvalue weighted by Crippen LogP contribution is -2.31. The first-order valence-corrected chi connectivity index (χ1v) is 7.66. The standard InChI is InChI=1S/C16H31N/c1-4-17-16(13-12-14(2)3)15-10-8-6-5-7-9-11-15/h10,14,16-17H,4-9,11-13H2,1-3H3. The van der Waals surface area contributed by atoms with Gasteiger partial charge < -0.3 is 5.32 Å². The second kappa shape index (κ2) is 8.74. The highest BCUT2D eigenvalue weighted by Crippen LogP contribution is 2.22. The molecule has 0 saturated heterocycles. The fourth-order valence-electron chi connectivity index (χ4n) is 2.70. The molecule has 1 nitrogen and oxygen atoms in total. The summed E-state index contributed by atoms with van der Waals surface area (Å²) in [5, 5.41) is 3.69. The predicted molar refractivity (Wildman–Crippen MR) is 77.3 cm³/mol. The van der Waals surface area contributed by atoms with Gasteiger partial charge in [0.15, 0.2) is 0 Å². The molecule has 0 aliphatic heterocycles. The Morgan fingerprint density at radius 1 is 1.12 bits per heavy atom. The molecule has 0 aromatic rings. The van der Waals surface area contributed by atoms with Gasteiger partial charge in [-0.05, 0) is 51.0 Å². The first-order valence-electron chi connectivity index (χ1n) is 7.66. The highest BCUT2D eigenvalue weighted by Gasteiger charge is 2.14. The van der Waals surface area contributed by atoms with Gasteiger partial charge >= 0.3 is 0 Å². The zero-order valence-corrected chi connectivity index (χ0v) is 12.1. The lowest BCUT2D eigenvalue weighted by atomic mass is 9.91. The molecule has 1 aliphatic carbocycles. The molecule has 0 bridgehead atoms. The number of allylic oxidation sites excluding steroid dienone is 1. The van der Waals surface area contributed by atoms with Gasteiger partial charge in [0.1, 0.15) is 0 Å². The van der Waals surface area contributed by atoms with Crippen LogP contribution in [0.3, 0.4) is 0 Å². The average Bonchev–Trinajstić information content (AvgIpc) is 2.24. The van der Waals surface area contributed by atoms with Crippen molar-refractivity contribution in [2.24, 2.45) is 5.92 Å². The van der Waals surface area contributed by atoms with Crippen molar-refractivity contribution in [1.82, 2.24) is 5.32 Å². The Kier molecular flexibility index (Phi) is 7.59. The van der Waals surface area contributed by atoms with Gasteiger partial charge in [-0.2, -0.15) is 0 Å². The van der Waals surface area contributed by atoms with E-state index in [1.54, 1.807) is 5.57 Å². The van der Waals surface area contributed by atoms with E-state index in [1.807, 2.05) is 0 Å². The summed E-state index contributed by atoms with van der Waals surface area (Å²) in [6.07, 6.45) is 13.5. The maximum atomic E-state index is 3.69. The van der Waals surface area contributed by atoms with Crippen LogP contribution in [-0.2, 0) is 0 Å². The van der Waals surface area contributed by atoms with Crippen LogP contribution in [0.4, 0.5) is 0 Å². The second-order valence-electron chi connectivity index (χ2n) is 5.81. The summed E-state index contributed by atoms with van der Waals surface area (Å²) in [5.41, 5.74) is 1.70. The van der Waals surface area contributed by atoms with E-state index < -0.39 is 0 Å². The molecule has 0 heterocycles. The fourth-order valence-corrected chi connectivity index (χ4v) is 2.70. The van der Waals surface area contributed by atoms with Crippen molar-refractivity contribution >= 4 is 0 Å². The van der Waals surface area contributed by atoms with Crippen molar-refractivity contribution in [3.63, 3.8) is 0 Å². The molecular weight excluding hydrogens is 206 g/mol. The van der Waals surface area contributed by atoms with Gasteiger partial charge in [-0.1, -0.05) is 45.3 Å². The van der Waals surface area contributed by atoms with Crippen LogP contribution in [-0.4, -0.2) is 12.6 Å². The summed E-state index contributed by atoms with van der Waals surface area (Å²) in [6.45, 7) is 7.98. The second-order valence-corrected chi connectivity index (χ2v) is 5.81. The molecule has 1 aliphatic rings. The molecule has 1 unspecified atom stereocenters. The van der Waals surface area contributed by atoms with Crippen molar-refractivity contribution < 1.29 is 0 Å². The van der Waals surface area contributed by atoms with Crippen molar-refractivity contribution in [2.45, 2.75) is 78.2 Å². The van der Waals surface area contributed by atoms with Gasteiger partial charge in [0.2, 0.25) is 0 Å². The third-order valence-electron chi connectivity index (χ3n) is 3.76. The third-order valence-corrected chi connectivity index (χ3v) is 3.76. The van der Waals surface area contributed by atoms with E-state index in [9.17, 15) is 0 Å². The molecule has 0 amide bonds. The molecule has 1 rings (SSSR count). The van der Waals surface area contributed by atoms with Crippen molar-refractivity contribution in [3.05, 3.63) is 11.6 Å². The van der Waals surface area contributed by atoms with E-state index in [0.29, 0.717) is 6.04 Å². The topological polar surface area (TPSA) is 12.0 Å². The van der Waals surface area contributed by atoms with Crippen LogP contribution in [0.15, 0.2) is 11.6 Å². The predicted octanol–water partition coefficient (Wildman–Crippen LogP) is 4.68. The molecule has 1 heteroatoms. The average molecular weight is 237 g/mol. The minimum Gasteiger partial charge on any atom is -0.311 e. The van der Waals surface area contributed by atoms with E-state index in [4.69, 9.17) is 0 Å². The number of hydrogen-bond acceptors (Lipinski definition) is 1. The molecule has 1 N–H and O–H groups in total. The number of nitrogens with one attached hydrogen (secondary N) is 1. The van der Waals surface area contributed by atoms with E-state index >= 15 is 0 Å². The summed E-state index contributed by atoms with van der Waals surface area (Å²) < 4.78 is 0. The number of likely N-dealkylation sites (N-methyl/N-ethyl adjacent to an activating group) is 1. The molecule has 0 saturated carbocycles. The van der Waals surface area contributed by atoms with Crippen LogP contribution in [0.1, 0.15) is 72.1 Å². The number of rotatable bonds is 6. The highest BCUT2D eigenvalue weighted by molar-refractivity contribution is 5.11. The van der Waals surface area contributed by atoms with Crippen LogP contribution < -0.4 is 5.32 Å². The Labute approximate surface area is 108 Å². The minimum atomic E-state index is 0.653. The lowest BCUT2D eigenvalue weighted by molar-refractivity contribution is 0.457. The van der Waals surface area contributed by atoms with Gasteiger partial charge in [0.05, 0.1) is 0 Å². The smallest absolute Gasteiger partial charge is 0.0279 e. The van der Waals surface area contributed by atoms with Crippen LogP contribution in [0.5, 0.6) is 0 Å². The van der Waals surface area contributed by atoms with E-state index in [2.05, 4.69) is 32.2 Å². The zero-order valence-electron chi connectivity index (χ0n) is 12.1. The first kappa shape index (κ1) is 14.8. The van der Waals surface area contributed by atoms with Crippen LogP contribution >= 0.6 is 0 Å². The maximum Gasteiger partial charge on any atom is 0.0279 e. The number of hydrogen-bond donors (Lipinski definition) is 1. The quantitative estimate of drug-likeness (QED) is 0.661. The van der Waals surface area contributed by atoms with Crippen LogP contribution in [0.25, 0.3) is 0 Å². The fraction of sp³-hybridized carbons (Fsp3) is 0.875. The molecule has 0 radical (unpaired) electrons. The van der Waals surface area contributed by atoms with Gasteiger partial charge in [-0.25, -0.2) is 0 Å². The largest absolute Gasteiger partial charge is 0.311 e. The molecule has 0 aromatic heterocycles. The van der Waals surface area contributed by atoms with Gasteiger partial charge in [0, 0.05) is 6.04 Å². The normalized spacial score (nSPS) is 19.6.